The van der Waals surface area contributed by atoms with E-state index in [0.717, 1.165) is 37.5 Å². The van der Waals surface area contributed by atoms with E-state index in [1.165, 1.54) is 6.07 Å². The summed E-state index contributed by atoms with van der Waals surface area (Å²) in [6.07, 6.45) is 2.51. The van der Waals surface area contributed by atoms with Crippen LogP contribution in [0.2, 0.25) is 0 Å². The van der Waals surface area contributed by atoms with E-state index < -0.39 is 0 Å². The molecule has 6 nitrogen and oxygen atoms in total. The topological polar surface area (TPSA) is 66.0 Å². The number of guanidine groups is 1. The molecule has 0 bridgehead atoms. The molecule has 0 saturated carbocycles. The van der Waals surface area contributed by atoms with Crippen LogP contribution in [0, 0.1) is 11.7 Å². The van der Waals surface area contributed by atoms with Gasteiger partial charge in [0.15, 0.2) is 17.5 Å². The van der Waals surface area contributed by atoms with Gasteiger partial charge in [-0.2, -0.15) is 0 Å². The van der Waals surface area contributed by atoms with Crippen LogP contribution in [0.25, 0.3) is 0 Å². The second-order valence-corrected chi connectivity index (χ2v) is 6.41. The zero-order chi connectivity index (χ0) is 18.9. The summed E-state index contributed by atoms with van der Waals surface area (Å²) in [6.45, 7) is 4.49. The Labute approximate surface area is 178 Å². The fourth-order valence-corrected chi connectivity index (χ4v) is 3.15. The number of hydrogen-bond acceptors (Lipinski definition) is 3. The smallest absolute Gasteiger partial charge is 0.220 e. The molecule has 1 fully saturated rings. The Bertz CT molecular complexity index is 634. The van der Waals surface area contributed by atoms with Gasteiger partial charge >= 0.3 is 0 Å². The molecule has 1 heterocycles. The van der Waals surface area contributed by atoms with E-state index in [2.05, 4.69) is 20.5 Å². The van der Waals surface area contributed by atoms with Crippen LogP contribution in [0.3, 0.4) is 0 Å². The van der Waals surface area contributed by atoms with Crippen molar-refractivity contribution < 1.29 is 13.9 Å². The number of benzene rings is 1. The van der Waals surface area contributed by atoms with Gasteiger partial charge in [-0.05, 0) is 43.4 Å². The molecule has 1 saturated heterocycles. The minimum atomic E-state index is -0.351. The number of piperidine rings is 1. The molecule has 8 heteroatoms. The molecular formula is C19H30FIN4O2. The summed E-state index contributed by atoms with van der Waals surface area (Å²) in [7, 11) is 3.42. The van der Waals surface area contributed by atoms with Crippen LogP contribution in [0.5, 0.6) is 5.75 Å². The van der Waals surface area contributed by atoms with E-state index in [-0.39, 0.29) is 41.5 Å². The quantitative estimate of drug-likeness (QED) is 0.364. The first-order valence-corrected chi connectivity index (χ1v) is 9.14. The van der Waals surface area contributed by atoms with Crippen molar-refractivity contribution in [2.45, 2.75) is 32.7 Å². The van der Waals surface area contributed by atoms with Crippen molar-refractivity contribution in [2.75, 3.05) is 33.8 Å². The van der Waals surface area contributed by atoms with Crippen LogP contribution >= 0.6 is 24.0 Å². The van der Waals surface area contributed by atoms with Crippen molar-refractivity contribution in [3.05, 3.63) is 29.6 Å². The second kappa shape index (κ2) is 12.0. The summed E-state index contributed by atoms with van der Waals surface area (Å²) in [5.41, 5.74) is 0.835. The summed E-state index contributed by atoms with van der Waals surface area (Å²) in [6, 6.07) is 4.99. The molecule has 0 radical (unpaired) electrons. The molecule has 0 aliphatic carbocycles. The minimum absolute atomic E-state index is 0. The average molecular weight is 492 g/mol. The van der Waals surface area contributed by atoms with Crippen molar-refractivity contribution in [1.82, 2.24) is 15.5 Å². The van der Waals surface area contributed by atoms with Crippen LogP contribution in [0.15, 0.2) is 23.2 Å². The van der Waals surface area contributed by atoms with Gasteiger partial charge in [0, 0.05) is 40.2 Å². The van der Waals surface area contributed by atoms with Gasteiger partial charge in [-0.15, -0.1) is 24.0 Å². The lowest BCUT2D eigenvalue weighted by atomic mass is 9.93. The van der Waals surface area contributed by atoms with Gasteiger partial charge < -0.3 is 20.3 Å². The Morgan fingerprint density at radius 1 is 1.37 bits per heavy atom. The first-order chi connectivity index (χ1) is 12.6. The Morgan fingerprint density at radius 3 is 2.63 bits per heavy atom. The van der Waals surface area contributed by atoms with Crippen LogP contribution in [-0.4, -0.2) is 50.6 Å². The lowest BCUT2D eigenvalue weighted by Gasteiger charge is -2.34. The van der Waals surface area contributed by atoms with Gasteiger partial charge in [-0.25, -0.2) is 4.39 Å². The van der Waals surface area contributed by atoms with Crippen molar-refractivity contribution in [3.8, 4) is 5.75 Å². The molecule has 2 rings (SSSR count). The highest BCUT2D eigenvalue weighted by atomic mass is 127. The third-order valence-electron chi connectivity index (χ3n) is 4.63. The van der Waals surface area contributed by atoms with E-state index in [9.17, 15) is 9.18 Å². The van der Waals surface area contributed by atoms with Crippen molar-refractivity contribution in [2.24, 2.45) is 10.9 Å². The Kier molecular flexibility index (Phi) is 10.4. The Balaban J connectivity index is 0.00000364. The van der Waals surface area contributed by atoms with Gasteiger partial charge in [0.2, 0.25) is 5.91 Å². The van der Waals surface area contributed by atoms with Gasteiger partial charge in [-0.1, -0.05) is 6.07 Å². The first kappa shape index (κ1) is 23.5. The number of halogens is 2. The molecule has 152 valence electrons. The lowest BCUT2D eigenvalue weighted by Crippen LogP contribution is -2.45. The number of ether oxygens (including phenoxy) is 1. The number of carbonyl (C=O) groups is 1. The predicted molar refractivity (Wildman–Crippen MR) is 116 cm³/mol. The molecule has 1 amide bonds. The molecule has 1 aromatic carbocycles. The summed E-state index contributed by atoms with van der Waals surface area (Å²) >= 11 is 0. The van der Waals surface area contributed by atoms with E-state index in [1.807, 2.05) is 13.0 Å². The third-order valence-corrected chi connectivity index (χ3v) is 4.63. The van der Waals surface area contributed by atoms with Gasteiger partial charge in [0.05, 0.1) is 6.61 Å². The van der Waals surface area contributed by atoms with Crippen LogP contribution < -0.4 is 15.4 Å². The summed E-state index contributed by atoms with van der Waals surface area (Å²) in [5, 5.41) is 5.97. The number of rotatable bonds is 6. The average Bonchev–Trinajstić information content (AvgIpc) is 2.65. The van der Waals surface area contributed by atoms with Crippen LogP contribution in [0.4, 0.5) is 4.39 Å². The summed E-state index contributed by atoms with van der Waals surface area (Å²) in [4.78, 5) is 18.0. The monoisotopic (exact) mass is 492 g/mol. The van der Waals surface area contributed by atoms with Gasteiger partial charge in [0.1, 0.15) is 0 Å². The molecule has 1 aliphatic rings. The van der Waals surface area contributed by atoms with Crippen LogP contribution in [0.1, 0.15) is 31.7 Å². The molecule has 0 atom stereocenters. The number of amides is 1. The summed E-state index contributed by atoms with van der Waals surface area (Å²) < 4.78 is 19.2. The third kappa shape index (κ3) is 7.15. The molecular weight excluding hydrogens is 462 g/mol. The van der Waals surface area contributed by atoms with E-state index in [0.29, 0.717) is 25.5 Å². The number of nitrogens with one attached hydrogen (secondary N) is 2. The van der Waals surface area contributed by atoms with E-state index in [4.69, 9.17) is 4.74 Å². The Hall–Kier alpha value is -1.58. The highest BCUT2D eigenvalue weighted by Crippen LogP contribution is 2.21. The maximum absolute atomic E-state index is 13.9. The highest BCUT2D eigenvalue weighted by Gasteiger charge is 2.23. The molecule has 0 unspecified atom stereocenters. The molecule has 27 heavy (non-hydrogen) atoms. The molecule has 1 aliphatic heterocycles. The van der Waals surface area contributed by atoms with Gasteiger partial charge in [-0.3, -0.25) is 9.79 Å². The van der Waals surface area contributed by atoms with Crippen LogP contribution in [-0.2, 0) is 11.3 Å². The van der Waals surface area contributed by atoms with Crippen molar-refractivity contribution in [1.29, 1.82) is 0 Å². The number of carbonyl (C=O) groups excluding carboxylic acids is 1. The summed E-state index contributed by atoms with van der Waals surface area (Å²) in [5.74, 6) is 1.25. The predicted octanol–water partition coefficient (Wildman–Crippen LogP) is 2.77. The van der Waals surface area contributed by atoms with Gasteiger partial charge in [0.25, 0.3) is 0 Å². The normalized spacial score (nSPS) is 15.1. The zero-order valence-corrected chi connectivity index (χ0v) is 18.6. The largest absolute Gasteiger partial charge is 0.491 e. The molecule has 0 aromatic heterocycles. The minimum Gasteiger partial charge on any atom is -0.491 e. The number of aliphatic imine (C=N–C) groups is 1. The highest BCUT2D eigenvalue weighted by molar-refractivity contribution is 14.0. The lowest BCUT2D eigenvalue weighted by molar-refractivity contribution is -0.121. The molecule has 1 aromatic rings. The fourth-order valence-electron chi connectivity index (χ4n) is 3.15. The number of hydrogen-bond donors (Lipinski definition) is 2. The fraction of sp³-hybridized carbons (Fsp3) is 0.579. The number of likely N-dealkylation sites (tertiary alicyclic amines) is 1. The van der Waals surface area contributed by atoms with E-state index in [1.54, 1.807) is 20.2 Å². The SMILES string of the molecule is CCOc1ccc(CNC(=NC)N2CCC(CC(=O)NC)CC2)cc1F.I. The molecule has 0 spiro atoms. The van der Waals surface area contributed by atoms with Crippen molar-refractivity contribution >= 4 is 35.8 Å². The second-order valence-electron chi connectivity index (χ2n) is 6.41. The maximum atomic E-state index is 13.9. The Morgan fingerprint density at radius 2 is 2.07 bits per heavy atom. The van der Waals surface area contributed by atoms with Crippen molar-refractivity contribution in [3.63, 3.8) is 0 Å². The van der Waals surface area contributed by atoms with E-state index >= 15 is 0 Å². The number of nitrogens with zero attached hydrogens (tertiary/aromatic N) is 2. The zero-order valence-electron chi connectivity index (χ0n) is 16.3. The first-order valence-electron chi connectivity index (χ1n) is 9.14. The maximum Gasteiger partial charge on any atom is 0.220 e. The standard InChI is InChI=1S/C19H29FN4O2.HI/c1-4-26-17-6-5-15(11-16(17)20)13-23-19(22-3)24-9-7-14(8-10-24)12-18(25)21-2;/h5-6,11,14H,4,7-10,12-13H2,1-3H3,(H,21,25)(H,22,23);1H. The molecule has 2 N–H and O–H groups in total.